The minimum absolute atomic E-state index is 0.162. The number of rotatable bonds is 3. The van der Waals surface area contributed by atoms with Gasteiger partial charge in [0.05, 0.1) is 10.9 Å². The molecule has 0 aliphatic heterocycles. The molecule has 0 radical (unpaired) electrons. The molecular formula is C22H20FNO3. The van der Waals surface area contributed by atoms with E-state index in [-0.39, 0.29) is 28.5 Å². The van der Waals surface area contributed by atoms with Crippen LogP contribution in [0.5, 0.6) is 0 Å². The second-order valence-electron chi connectivity index (χ2n) is 7.43. The van der Waals surface area contributed by atoms with E-state index < -0.39 is 5.67 Å². The second-order valence-corrected chi connectivity index (χ2v) is 7.43. The molecule has 1 aromatic heterocycles. The zero-order valence-corrected chi connectivity index (χ0v) is 15.2. The van der Waals surface area contributed by atoms with Crippen LogP contribution >= 0.6 is 0 Å². The first kappa shape index (κ1) is 17.5. The number of amides is 1. The van der Waals surface area contributed by atoms with Crippen LogP contribution in [-0.2, 0) is 0 Å². The van der Waals surface area contributed by atoms with Crippen molar-refractivity contribution in [1.29, 1.82) is 0 Å². The highest BCUT2D eigenvalue weighted by atomic mass is 19.1. The molecule has 4 nitrogen and oxygen atoms in total. The molecule has 3 aromatic rings. The van der Waals surface area contributed by atoms with Gasteiger partial charge in [-0.25, -0.2) is 4.39 Å². The normalized spacial score (nSPS) is 21.7. The maximum Gasteiger partial charge on any atom is 0.255 e. The van der Waals surface area contributed by atoms with Crippen molar-refractivity contribution in [1.82, 2.24) is 5.32 Å². The number of hydrogen-bond donors (Lipinski definition) is 1. The summed E-state index contributed by atoms with van der Waals surface area (Å²) in [5.41, 5.74) is 0.432. The maximum absolute atomic E-state index is 13.7. The minimum atomic E-state index is -1.22. The number of nitrogens with one attached hydrogen (secondary N) is 1. The largest absolute Gasteiger partial charge is 0.455 e. The number of carbonyl (C=O) groups excluding carboxylic acids is 1. The lowest BCUT2D eigenvalue weighted by molar-refractivity contribution is 0.0445. The minimum Gasteiger partial charge on any atom is -0.455 e. The Kier molecular flexibility index (Phi) is 4.10. The summed E-state index contributed by atoms with van der Waals surface area (Å²) in [4.78, 5) is 25.6. The van der Waals surface area contributed by atoms with Gasteiger partial charge in [-0.15, -0.1) is 0 Å². The topological polar surface area (TPSA) is 59.3 Å². The van der Waals surface area contributed by atoms with E-state index in [1.54, 1.807) is 25.1 Å². The third-order valence-corrected chi connectivity index (χ3v) is 5.10. The summed E-state index contributed by atoms with van der Waals surface area (Å²) in [7, 11) is 0. The van der Waals surface area contributed by atoms with Crippen molar-refractivity contribution in [2.75, 3.05) is 0 Å². The maximum atomic E-state index is 13.7. The highest BCUT2D eigenvalue weighted by Gasteiger charge is 2.41. The predicted molar refractivity (Wildman–Crippen MR) is 103 cm³/mol. The summed E-state index contributed by atoms with van der Waals surface area (Å²) in [6.07, 6.45) is 0.587. The average molecular weight is 365 g/mol. The van der Waals surface area contributed by atoms with Crippen LogP contribution in [-0.4, -0.2) is 17.6 Å². The summed E-state index contributed by atoms with van der Waals surface area (Å²) in [6, 6.07) is 14.1. The van der Waals surface area contributed by atoms with Gasteiger partial charge < -0.3 is 9.73 Å². The highest BCUT2D eigenvalue weighted by molar-refractivity contribution is 6.05. The Morgan fingerprint density at radius 2 is 1.85 bits per heavy atom. The summed E-state index contributed by atoms with van der Waals surface area (Å²) in [6.45, 7) is 3.25. The highest BCUT2D eigenvalue weighted by Crippen LogP contribution is 2.36. The van der Waals surface area contributed by atoms with E-state index in [1.165, 1.54) is 6.92 Å². The van der Waals surface area contributed by atoms with Crippen molar-refractivity contribution in [2.45, 2.75) is 38.4 Å². The van der Waals surface area contributed by atoms with E-state index in [1.807, 2.05) is 30.3 Å². The van der Waals surface area contributed by atoms with Gasteiger partial charge in [0.25, 0.3) is 5.91 Å². The summed E-state index contributed by atoms with van der Waals surface area (Å²) in [5, 5.41) is 3.20. The lowest BCUT2D eigenvalue weighted by Gasteiger charge is -2.38. The van der Waals surface area contributed by atoms with E-state index in [9.17, 15) is 14.0 Å². The average Bonchev–Trinajstić information content (AvgIpc) is 2.63. The van der Waals surface area contributed by atoms with Crippen LogP contribution in [0.1, 0.15) is 35.7 Å². The number of carbonyl (C=O) groups is 1. The molecule has 1 aliphatic carbocycles. The molecule has 2 aromatic carbocycles. The summed E-state index contributed by atoms with van der Waals surface area (Å²) < 4.78 is 19.7. The molecule has 138 valence electrons. The van der Waals surface area contributed by atoms with Crippen LogP contribution in [0.3, 0.4) is 0 Å². The number of para-hydroxylation sites is 1. The molecule has 1 N–H and O–H groups in total. The van der Waals surface area contributed by atoms with E-state index in [4.69, 9.17) is 4.42 Å². The fraction of sp³-hybridized carbons (Fsp3) is 0.273. The van der Waals surface area contributed by atoms with Gasteiger partial charge >= 0.3 is 0 Å². The third-order valence-electron chi connectivity index (χ3n) is 5.10. The van der Waals surface area contributed by atoms with Crippen LogP contribution in [0.15, 0.2) is 57.7 Å². The number of halogens is 1. The Balaban J connectivity index is 1.79. The van der Waals surface area contributed by atoms with Crippen LogP contribution in [0, 0.1) is 6.92 Å². The van der Waals surface area contributed by atoms with E-state index in [0.717, 1.165) is 5.56 Å². The van der Waals surface area contributed by atoms with E-state index >= 15 is 0 Å². The summed E-state index contributed by atoms with van der Waals surface area (Å²) >= 11 is 0. The first-order chi connectivity index (χ1) is 12.9. The van der Waals surface area contributed by atoms with Crippen molar-refractivity contribution in [3.05, 3.63) is 69.9 Å². The predicted octanol–water partition coefficient (Wildman–Crippen LogP) is 4.39. The molecule has 1 heterocycles. The molecule has 0 bridgehead atoms. The molecular weight excluding hydrogens is 345 g/mol. The van der Waals surface area contributed by atoms with Gasteiger partial charge in [-0.3, -0.25) is 9.59 Å². The molecule has 0 atom stereocenters. The van der Waals surface area contributed by atoms with Gasteiger partial charge in [0.1, 0.15) is 11.4 Å². The Morgan fingerprint density at radius 1 is 1.15 bits per heavy atom. The van der Waals surface area contributed by atoms with Crippen LogP contribution in [0.25, 0.3) is 22.3 Å². The van der Waals surface area contributed by atoms with Crippen LogP contribution in [0.4, 0.5) is 4.39 Å². The molecule has 0 saturated heterocycles. The van der Waals surface area contributed by atoms with Gasteiger partial charge in [-0.1, -0.05) is 36.4 Å². The standard InChI is InChI=1S/C22H20FNO3/c1-13-18(25)16-9-6-10-17(21(26)24-15-11-22(2,23)12-15)20(16)27-19(13)14-7-4-3-5-8-14/h3-10,15H,11-12H2,1-2H3,(H,24,26). The van der Waals surface area contributed by atoms with Crippen molar-refractivity contribution in [3.63, 3.8) is 0 Å². The zero-order valence-electron chi connectivity index (χ0n) is 15.2. The summed E-state index contributed by atoms with van der Waals surface area (Å²) in [5.74, 6) is 0.0976. The molecule has 1 saturated carbocycles. The molecule has 0 unspecified atom stereocenters. The van der Waals surface area contributed by atoms with Gasteiger partial charge in [-0.05, 0) is 26.0 Å². The van der Waals surface area contributed by atoms with Crippen LogP contribution in [0.2, 0.25) is 0 Å². The zero-order chi connectivity index (χ0) is 19.2. The van der Waals surface area contributed by atoms with Gasteiger partial charge in [0.15, 0.2) is 11.0 Å². The first-order valence-electron chi connectivity index (χ1n) is 8.97. The molecule has 1 fully saturated rings. The molecule has 0 spiro atoms. The van der Waals surface area contributed by atoms with Crippen molar-refractivity contribution in [2.24, 2.45) is 0 Å². The van der Waals surface area contributed by atoms with Crippen LogP contribution < -0.4 is 10.7 Å². The Labute approximate surface area is 156 Å². The number of fused-ring (bicyclic) bond motifs is 1. The molecule has 27 heavy (non-hydrogen) atoms. The molecule has 1 amide bonds. The van der Waals surface area contributed by atoms with Gasteiger partial charge in [0.2, 0.25) is 0 Å². The first-order valence-corrected chi connectivity index (χ1v) is 8.97. The number of hydrogen-bond acceptors (Lipinski definition) is 3. The Morgan fingerprint density at radius 3 is 2.52 bits per heavy atom. The lowest BCUT2D eigenvalue weighted by Crippen LogP contribution is -2.51. The van der Waals surface area contributed by atoms with Gasteiger partial charge in [0, 0.05) is 30.0 Å². The smallest absolute Gasteiger partial charge is 0.255 e. The Bertz CT molecular complexity index is 1080. The third kappa shape index (κ3) is 3.14. The monoisotopic (exact) mass is 365 g/mol. The second kappa shape index (κ2) is 6.34. The lowest BCUT2D eigenvalue weighted by atomic mass is 9.79. The number of benzene rings is 2. The van der Waals surface area contributed by atoms with Crippen molar-refractivity contribution in [3.8, 4) is 11.3 Å². The molecule has 1 aliphatic rings. The van der Waals surface area contributed by atoms with Crippen molar-refractivity contribution >= 4 is 16.9 Å². The van der Waals surface area contributed by atoms with Gasteiger partial charge in [-0.2, -0.15) is 0 Å². The number of alkyl halides is 1. The van der Waals surface area contributed by atoms with Crippen molar-refractivity contribution < 1.29 is 13.6 Å². The molecule has 5 heteroatoms. The fourth-order valence-corrected chi connectivity index (χ4v) is 3.69. The SMILES string of the molecule is Cc1c(-c2ccccc2)oc2c(C(=O)NC3CC(C)(F)C3)cccc2c1=O. The van der Waals surface area contributed by atoms with E-state index in [2.05, 4.69) is 5.32 Å². The Hall–Kier alpha value is -2.95. The quantitative estimate of drug-likeness (QED) is 0.749. The molecule has 4 rings (SSSR count). The fourth-order valence-electron chi connectivity index (χ4n) is 3.69. The van der Waals surface area contributed by atoms with E-state index in [0.29, 0.717) is 29.6 Å².